The highest BCUT2D eigenvalue weighted by Gasteiger charge is 2.03. The van der Waals surface area contributed by atoms with Gasteiger partial charge in [0.25, 0.3) is 0 Å². The van der Waals surface area contributed by atoms with Crippen molar-refractivity contribution in [1.82, 2.24) is 0 Å². The van der Waals surface area contributed by atoms with Crippen LogP contribution < -0.4 is 0 Å². The maximum Gasteiger partial charge on any atom is 0.550 e. The van der Waals surface area contributed by atoms with Gasteiger partial charge in [0.1, 0.15) is 0 Å². The summed E-state index contributed by atoms with van der Waals surface area (Å²) in [4.78, 5) is 9.75. The number of carbonyl (C=O) groups excluding carboxylic acids is 1. The van der Waals surface area contributed by atoms with Crippen LogP contribution in [-0.2, 0) is 9.84 Å². The molecule has 0 aliphatic heterocycles. The Hall–Kier alpha value is -0.990. The highest BCUT2D eigenvalue weighted by molar-refractivity contribution is 5.56. The standard InChI is InChI=1S/C7H11O3/c1-3-4-6(2)5-10-7(8)9/h3,6H,1,4-5H2,2H3. The zero-order valence-corrected chi connectivity index (χ0v) is 6.00. The summed E-state index contributed by atoms with van der Waals surface area (Å²) in [6.07, 6.45) is 1.02. The van der Waals surface area contributed by atoms with Crippen LogP contribution in [0, 0.1) is 5.92 Å². The van der Waals surface area contributed by atoms with Gasteiger partial charge in [0.2, 0.25) is 0 Å². The molecule has 0 fully saturated rings. The summed E-state index contributed by atoms with van der Waals surface area (Å²) in [6.45, 7) is 5.58. The monoisotopic (exact) mass is 143 g/mol. The van der Waals surface area contributed by atoms with E-state index in [2.05, 4.69) is 11.3 Å². The Kier molecular flexibility index (Phi) is 4.37. The molecule has 0 aromatic carbocycles. The first-order valence-electron chi connectivity index (χ1n) is 3.11. The fraction of sp³-hybridized carbons (Fsp3) is 0.571. The quantitative estimate of drug-likeness (QED) is 0.444. The van der Waals surface area contributed by atoms with E-state index in [0.717, 1.165) is 6.42 Å². The van der Waals surface area contributed by atoms with Crippen LogP contribution in [0.5, 0.6) is 0 Å². The van der Waals surface area contributed by atoms with E-state index in [1.165, 1.54) is 0 Å². The Balaban J connectivity index is 3.29. The normalized spacial score (nSPS) is 12.1. The first kappa shape index (κ1) is 9.01. The summed E-state index contributed by atoms with van der Waals surface area (Å²) in [5.74, 6) is 0.190. The smallest absolute Gasteiger partial charge is 0.431 e. The van der Waals surface area contributed by atoms with E-state index in [9.17, 15) is 9.90 Å². The Labute approximate surface area is 60.3 Å². The molecule has 1 unspecified atom stereocenters. The second-order valence-corrected chi connectivity index (χ2v) is 2.19. The number of hydrogen-bond acceptors (Lipinski definition) is 2. The topological polar surface area (TPSA) is 46.2 Å². The number of hydrogen-bond donors (Lipinski definition) is 0. The average molecular weight is 143 g/mol. The lowest BCUT2D eigenvalue weighted by atomic mass is 10.1. The summed E-state index contributed by atoms with van der Waals surface area (Å²) in [5.41, 5.74) is 0. The maximum absolute atomic E-state index is 9.75. The molecule has 0 rings (SSSR count). The summed E-state index contributed by atoms with van der Waals surface area (Å²) in [7, 11) is 0. The van der Waals surface area contributed by atoms with Crippen LogP contribution in [0.2, 0.25) is 0 Å². The molecule has 0 saturated heterocycles. The van der Waals surface area contributed by atoms with E-state index in [1.54, 1.807) is 6.08 Å². The van der Waals surface area contributed by atoms with E-state index in [4.69, 9.17) is 0 Å². The van der Waals surface area contributed by atoms with Gasteiger partial charge >= 0.3 is 6.16 Å². The van der Waals surface area contributed by atoms with Crippen LogP contribution in [0.3, 0.4) is 0 Å². The minimum atomic E-state index is -1.46. The molecule has 57 valence electrons. The summed E-state index contributed by atoms with van der Waals surface area (Å²) >= 11 is 0. The molecule has 10 heavy (non-hydrogen) atoms. The molecular formula is C7H11O3. The minimum absolute atomic E-state index is 0.189. The number of allylic oxidation sites excluding steroid dienone is 1. The predicted molar refractivity (Wildman–Crippen MR) is 36.0 cm³/mol. The van der Waals surface area contributed by atoms with Crippen molar-refractivity contribution in [1.29, 1.82) is 0 Å². The third-order valence-electron chi connectivity index (χ3n) is 1.05. The molecule has 0 aliphatic rings. The number of carbonyl (C=O) groups is 1. The second kappa shape index (κ2) is 4.85. The maximum atomic E-state index is 9.75. The van der Waals surface area contributed by atoms with E-state index in [1.807, 2.05) is 6.92 Å². The summed E-state index contributed by atoms with van der Waals surface area (Å²) in [5, 5.41) is 9.75. The molecule has 1 radical (unpaired) electrons. The van der Waals surface area contributed by atoms with Crippen LogP contribution in [0.25, 0.3) is 0 Å². The van der Waals surface area contributed by atoms with Gasteiger partial charge in [-0.25, -0.2) is 0 Å². The average Bonchev–Trinajstić information content (AvgIpc) is 1.85. The van der Waals surface area contributed by atoms with Crippen molar-refractivity contribution >= 4 is 6.16 Å². The molecule has 0 amide bonds. The number of ether oxygens (including phenoxy) is 1. The van der Waals surface area contributed by atoms with Crippen molar-refractivity contribution in [2.24, 2.45) is 5.92 Å². The highest BCUT2D eigenvalue weighted by atomic mass is 16.7. The molecular weight excluding hydrogens is 132 g/mol. The van der Waals surface area contributed by atoms with Crippen molar-refractivity contribution in [2.75, 3.05) is 6.61 Å². The molecule has 0 heterocycles. The van der Waals surface area contributed by atoms with E-state index in [0.29, 0.717) is 0 Å². The van der Waals surface area contributed by atoms with E-state index in [-0.39, 0.29) is 12.5 Å². The lowest BCUT2D eigenvalue weighted by molar-refractivity contribution is 0.0574. The van der Waals surface area contributed by atoms with Gasteiger partial charge in [0.15, 0.2) is 0 Å². The molecule has 0 saturated carbocycles. The largest absolute Gasteiger partial charge is 0.550 e. The van der Waals surface area contributed by atoms with Crippen molar-refractivity contribution in [3.05, 3.63) is 12.7 Å². The van der Waals surface area contributed by atoms with Crippen molar-refractivity contribution in [3.8, 4) is 0 Å². The zero-order valence-electron chi connectivity index (χ0n) is 6.00. The van der Waals surface area contributed by atoms with Crippen LogP contribution in [0.4, 0.5) is 4.79 Å². The molecule has 0 bridgehead atoms. The third-order valence-corrected chi connectivity index (χ3v) is 1.05. The molecule has 0 spiro atoms. The van der Waals surface area contributed by atoms with E-state index >= 15 is 0 Å². The van der Waals surface area contributed by atoms with Gasteiger partial charge in [-0.2, -0.15) is 9.90 Å². The summed E-state index contributed by atoms with van der Waals surface area (Å²) < 4.78 is 4.21. The van der Waals surface area contributed by atoms with Gasteiger partial charge in [0.05, 0.1) is 6.61 Å². The van der Waals surface area contributed by atoms with Crippen LogP contribution in [0.15, 0.2) is 12.7 Å². The SMILES string of the molecule is C=CCC(C)COC([O])=O. The molecule has 1 atom stereocenters. The van der Waals surface area contributed by atoms with Gasteiger partial charge in [-0.15, -0.1) is 6.58 Å². The van der Waals surface area contributed by atoms with Gasteiger partial charge in [-0.3, -0.25) is 0 Å². The van der Waals surface area contributed by atoms with Gasteiger partial charge < -0.3 is 4.74 Å². The Bertz CT molecular complexity index is 120. The second-order valence-electron chi connectivity index (χ2n) is 2.19. The van der Waals surface area contributed by atoms with Crippen LogP contribution in [-0.4, -0.2) is 12.8 Å². The number of rotatable bonds is 4. The molecule has 0 aromatic heterocycles. The first-order valence-corrected chi connectivity index (χ1v) is 3.11. The molecule has 3 heteroatoms. The lowest BCUT2D eigenvalue weighted by Gasteiger charge is -2.05. The first-order chi connectivity index (χ1) is 4.66. The van der Waals surface area contributed by atoms with Crippen molar-refractivity contribution in [3.63, 3.8) is 0 Å². The Morgan fingerprint density at radius 2 is 2.40 bits per heavy atom. The molecule has 0 aliphatic carbocycles. The molecule has 3 nitrogen and oxygen atoms in total. The lowest BCUT2D eigenvalue weighted by Crippen LogP contribution is -2.08. The fourth-order valence-electron chi connectivity index (χ4n) is 0.563. The molecule has 0 aromatic rings. The van der Waals surface area contributed by atoms with Crippen molar-refractivity contribution < 1.29 is 14.6 Å². The van der Waals surface area contributed by atoms with Gasteiger partial charge in [0, 0.05) is 0 Å². The van der Waals surface area contributed by atoms with Crippen LogP contribution >= 0.6 is 0 Å². The summed E-state index contributed by atoms with van der Waals surface area (Å²) in [6, 6.07) is 0. The predicted octanol–water partition coefficient (Wildman–Crippen LogP) is 1.77. The fourth-order valence-corrected chi connectivity index (χ4v) is 0.563. The van der Waals surface area contributed by atoms with Gasteiger partial charge in [-0.1, -0.05) is 13.0 Å². The van der Waals surface area contributed by atoms with E-state index < -0.39 is 6.16 Å². The zero-order chi connectivity index (χ0) is 7.98. The molecule has 0 N–H and O–H groups in total. The Morgan fingerprint density at radius 3 is 2.80 bits per heavy atom. The highest BCUT2D eigenvalue weighted by Crippen LogP contribution is 2.01. The van der Waals surface area contributed by atoms with Crippen LogP contribution in [0.1, 0.15) is 13.3 Å². The minimum Gasteiger partial charge on any atom is -0.431 e. The van der Waals surface area contributed by atoms with Gasteiger partial charge in [-0.05, 0) is 12.3 Å². The van der Waals surface area contributed by atoms with Crippen molar-refractivity contribution in [2.45, 2.75) is 13.3 Å². The Morgan fingerprint density at radius 1 is 1.80 bits per heavy atom. The third kappa shape index (κ3) is 5.15.